The minimum Gasteiger partial charge on any atom is -0.309 e. The van der Waals surface area contributed by atoms with Gasteiger partial charge in [-0.2, -0.15) is 0 Å². The van der Waals surface area contributed by atoms with Gasteiger partial charge >= 0.3 is 0 Å². The van der Waals surface area contributed by atoms with Crippen molar-refractivity contribution in [3.63, 3.8) is 0 Å². The second-order valence-electron chi connectivity index (χ2n) is 4.72. The lowest BCUT2D eigenvalue weighted by Gasteiger charge is -2.21. The van der Waals surface area contributed by atoms with E-state index < -0.39 is 0 Å². The average molecular weight is 273 g/mol. The van der Waals surface area contributed by atoms with Crippen molar-refractivity contribution in [2.45, 2.75) is 27.7 Å². The van der Waals surface area contributed by atoms with Crippen LogP contribution in [0.25, 0.3) is 0 Å². The predicted octanol–water partition coefficient (Wildman–Crippen LogP) is 4.34. The Bertz CT molecular complexity index is 601. The number of hydrogen-bond acceptors (Lipinski definition) is 2. The summed E-state index contributed by atoms with van der Waals surface area (Å²) in [5, 5.41) is 1.96. The summed E-state index contributed by atoms with van der Waals surface area (Å²) in [7, 11) is 0. The van der Waals surface area contributed by atoms with Crippen LogP contribution in [-0.2, 0) is 0 Å². The maximum atomic E-state index is 12.7. The van der Waals surface area contributed by atoms with Crippen LogP contribution in [0.2, 0.25) is 0 Å². The smallest absolute Gasteiger partial charge is 0.259 e. The van der Waals surface area contributed by atoms with Crippen LogP contribution in [0.1, 0.15) is 33.3 Å². The summed E-state index contributed by atoms with van der Waals surface area (Å²) in [5.74, 6) is 0.0925. The normalized spacial score (nSPS) is 10.5. The molecule has 0 aliphatic rings. The average Bonchev–Trinajstić information content (AvgIpc) is 2.71. The molecule has 100 valence electrons. The highest BCUT2D eigenvalue weighted by molar-refractivity contribution is 7.10. The van der Waals surface area contributed by atoms with Gasteiger partial charge in [-0.1, -0.05) is 12.1 Å². The minimum absolute atomic E-state index is 0.0925. The third kappa shape index (κ3) is 2.71. The first-order valence-electron chi connectivity index (χ1n) is 6.47. The van der Waals surface area contributed by atoms with E-state index in [-0.39, 0.29) is 5.91 Å². The molecule has 2 nitrogen and oxygen atoms in total. The van der Waals surface area contributed by atoms with Crippen LogP contribution in [0.4, 0.5) is 5.69 Å². The van der Waals surface area contributed by atoms with Gasteiger partial charge < -0.3 is 4.90 Å². The highest BCUT2D eigenvalue weighted by Crippen LogP contribution is 2.25. The van der Waals surface area contributed by atoms with Crippen molar-refractivity contribution < 1.29 is 4.79 Å². The van der Waals surface area contributed by atoms with E-state index in [0.29, 0.717) is 6.54 Å². The molecule has 1 amide bonds. The third-order valence-corrected chi connectivity index (χ3v) is 4.40. The first-order valence-corrected chi connectivity index (χ1v) is 7.35. The van der Waals surface area contributed by atoms with Crippen molar-refractivity contribution >= 4 is 22.9 Å². The zero-order valence-electron chi connectivity index (χ0n) is 11.9. The molecule has 0 spiro atoms. The summed E-state index contributed by atoms with van der Waals surface area (Å²) in [5.41, 5.74) is 4.06. The van der Waals surface area contributed by atoms with Crippen LogP contribution in [0.15, 0.2) is 29.6 Å². The number of benzene rings is 1. The highest BCUT2D eigenvalue weighted by atomic mass is 32.1. The summed E-state index contributed by atoms with van der Waals surface area (Å²) < 4.78 is 0. The zero-order valence-corrected chi connectivity index (χ0v) is 12.7. The molecule has 19 heavy (non-hydrogen) atoms. The molecule has 0 bridgehead atoms. The Hall–Kier alpha value is -1.61. The number of anilines is 1. The Kier molecular flexibility index (Phi) is 4.05. The van der Waals surface area contributed by atoms with Crippen molar-refractivity contribution in [1.29, 1.82) is 0 Å². The Morgan fingerprint density at radius 1 is 1.26 bits per heavy atom. The first kappa shape index (κ1) is 13.8. The molecule has 1 aromatic heterocycles. The van der Waals surface area contributed by atoms with Gasteiger partial charge in [0.2, 0.25) is 0 Å². The minimum atomic E-state index is 0.0925. The van der Waals surface area contributed by atoms with E-state index in [2.05, 4.69) is 13.0 Å². The molecular weight excluding hydrogens is 254 g/mol. The lowest BCUT2D eigenvalue weighted by atomic mass is 10.1. The molecule has 1 heterocycles. The summed E-state index contributed by atoms with van der Waals surface area (Å²) in [6.45, 7) is 8.80. The molecule has 0 saturated carbocycles. The number of carbonyl (C=O) groups excluding carboxylic acids is 1. The third-order valence-electron chi connectivity index (χ3n) is 3.39. The summed E-state index contributed by atoms with van der Waals surface area (Å²) in [4.78, 5) is 15.7. The first-order chi connectivity index (χ1) is 9.04. The fourth-order valence-electron chi connectivity index (χ4n) is 2.11. The van der Waals surface area contributed by atoms with Gasteiger partial charge in [-0.3, -0.25) is 4.79 Å². The monoisotopic (exact) mass is 273 g/mol. The molecule has 1 aromatic carbocycles. The SMILES string of the molecule is CCN(C(=O)c1csc(C)c1C)c1cccc(C)c1. The maximum Gasteiger partial charge on any atom is 0.259 e. The second kappa shape index (κ2) is 5.57. The van der Waals surface area contributed by atoms with E-state index in [1.165, 1.54) is 10.4 Å². The number of rotatable bonds is 3. The van der Waals surface area contributed by atoms with Crippen LogP contribution in [-0.4, -0.2) is 12.5 Å². The standard InChI is InChI=1S/C16H19NOS/c1-5-17(14-8-6-7-11(2)9-14)16(18)15-10-19-13(4)12(15)3/h6-10H,5H2,1-4H3. The predicted molar refractivity (Wildman–Crippen MR) is 82.3 cm³/mol. The second-order valence-corrected chi connectivity index (χ2v) is 5.80. The van der Waals surface area contributed by atoms with Crippen molar-refractivity contribution in [3.05, 3.63) is 51.2 Å². The van der Waals surface area contributed by atoms with Gasteiger partial charge in [0.05, 0.1) is 5.56 Å². The molecular formula is C16H19NOS. The quantitative estimate of drug-likeness (QED) is 0.814. The molecule has 0 aliphatic carbocycles. The van der Waals surface area contributed by atoms with Crippen molar-refractivity contribution in [2.24, 2.45) is 0 Å². The van der Waals surface area contributed by atoms with Gasteiger partial charge in [0, 0.05) is 22.5 Å². The Morgan fingerprint density at radius 3 is 2.53 bits per heavy atom. The van der Waals surface area contributed by atoms with Crippen molar-refractivity contribution in [3.8, 4) is 0 Å². The van der Waals surface area contributed by atoms with Crippen LogP contribution in [0.3, 0.4) is 0 Å². The molecule has 2 aromatic rings. The zero-order chi connectivity index (χ0) is 14.0. The van der Waals surface area contributed by atoms with Gasteiger partial charge in [-0.05, 0) is 51.0 Å². The summed E-state index contributed by atoms with van der Waals surface area (Å²) in [6.07, 6.45) is 0. The number of carbonyl (C=O) groups is 1. The lowest BCUT2D eigenvalue weighted by molar-refractivity contribution is 0.0988. The topological polar surface area (TPSA) is 20.3 Å². The van der Waals surface area contributed by atoms with Gasteiger partial charge in [-0.15, -0.1) is 11.3 Å². The number of amides is 1. The van der Waals surface area contributed by atoms with E-state index in [0.717, 1.165) is 16.8 Å². The number of hydrogen-bond donors (Lipinski definition) is 0. The molecule has 2 rings (SSSR count). The van der Waals surface area contributed by atoms with E-state index in [9.17, 15) is 4.79 Å². The van der Waals surface area contributed by atoms with E-state index >= 15 is 0 Å². The maximum absolute atomic E-state index is 12.7. The fourth-order valence-corrected chi connectivity index (χ4v) is 2.97. The molecule has 0 atom stereocenters. The Morgan fingerprint density at radius 2 is 2.00 bits per heavy atom. The molecule has 0 unspecified atom stereocenters. The number of nitrogens with zero attached hydrogens (tertiary/aromatic N) is 1. The Labute approximate surface area is 118 Å². The van der Waals surface area contributed by atoms with E-state index in [1.807, 2.05) is 49.3 Å². The largest absolute Gasteiger partial charge is 0.309 e. The van der Waals surface area contributed by atoms with Gasteiger partial charge in [0.25, 0.3) is 5.91 Å². The summed E-state index contributed by atoms with van der Waals surface area (Å²) >= 11 is 1.64. The van der Waals surface area contributed by atoms with Gasteiger partial charge in [-0.25, -0.2) is 0 Å². The van der Waals surface area contributed by atoms with E-state index in [1.54, 1.807) is 11.3 Å². The van der Waals surface area contributed by atoms with Gasteiger partial charge in [0.1, 0.15) is 0 Å². The molecule has 3 heteroatoms. The van der Waals surface area contributed by atoms with Crippen LogP contribution >= 0.6 is 11.3 Å². The molecule has 0 N–H and O–H groups in total. The molecule has 0 saturated heterocycles. The lowest BCUT2D eigenvalue weighted by Crippen LogP contribution is -2.30. The van der Waals surface area contributed by atoms with E-state index in [4.69, 9.17) is 0 Å². The van der Waals surface area contributed by atoms with Crippen molar-refractivity contribution in [1.82, 2.24) is 0 Å². The number of thiophene rings is 1. The van der Waals surface area contributed by atoms with Crippen LogP contribution < -0.4 is 4.90 Å². The number of aryl methyl sites for hydroxylation is 2. The highest BCUT2D eigenvalue weighted by Gasteiger charge is 2.19. The molecule has 0 aliphatic heterocycles. The van der Waals surface area contributed by atoms with Crippen molar-refractivity contribution in [2.75, 3.05) is 11.4 Å². The van der Waals surface area contributed by atoms with Crippen LogP contribution in [0, 0.1) is 20.8 Å². The van der Waals surface area contributed by atoms with Gasteiger partial charge in [0.15, 0.2) is 0 Å². The summed E-state index contributed by atoms with van der Waals surface area (Å²) in [6, 6.07) is 8.08. The Balaban J connectivity index is 2.37. The van der Waals surface area contributed by atoms with Crippen LogP contribution in [0.5, 0.6) is 0 Å². The fraction of sp³-hybridized carbons (Fsp3) is 0.312. The molecule has 0 fully saturated rings. The molecule has 0 radical (unpaired) electrons.